The van der Waals surface area contributed by atoms with Gasteiger partial charge in [-0.2, -0.15) is 0 Å². The minimum absolute atomic E-state index is 0.298. The van der Waals surface area contributed by atoms with Gasteiger partial charge in [-0.3, -0.25) is 0 Å². The van der Waals surface area contributed by atoms with Crippen LogP contribution in [0.25, 0.3) is 0 Å². The summed E-state index contributed by atoms with van der Waals surface area (Å²) < 4.78 is 10.6. The molecule has 0 radical (unpaired) electrons. The van der Waals surface area contributed by atoms with Gasteiger partial charge in [-0.25, -0.2) is 0 Å². The van der Waals surface area contributed by atoms with Gasteiger partial charge in [0.25, 0.3) is 0 Å². The van der Waals surface area contributed by atoms with E-state index < -0.39 is 37.3 Å². The van der Waals surface area contributed by atoms with Crippen LogP contribution in [-0.4, -0.2) is 64.3 Å². The van der Waals surface area contributed by atoms with E-state index in [2.05, 4.69) is 0 Å². The quantitative estimate of drug-likeness (QED) is 0.556. The van der Waals surface area contributed by atoms with Gasteiger partial charge in [-0.15, -0.1) is 0 Å². The van der Waals surface area contributed by atoms with Crippen LogP contribution in [0.3, 0.4) is 0 Å². The lowest BCUT2D eigenvalue weighted by atomic mass is 9.99. The highest BCUT2D eigenvalue weighted by molar-refractivity contribution is 5.14. The van der Waals surface area contributed by atoms with Gasteiger partial charge < -0.3 is 29.9 Å². The van der Waals surface area contributed by atoms with Gasteiger partial charge in [-0.05, 0) is 12.0 Å². The van der Waals surface area contributed by atoms with E-state index in [1.165, 1.54) is 0 Å². The molecule has 0 aliphatic carbocycles. The molecule has 0 spiro atoms. The van der Waals surface area contributed by atoms with Crippen LogP contribution < -0.4 is 0 Å². The molecule has 6 heteroatoms. The van der Waals surface area contributed by atoms with E-state index >= 15 is 0 Å². The Morgan fingerprint density at radius 2 is 1.70 bits per heavy atom. The van der Waals surface area contributed by atoms with Crippen LogP contribution >= 0.6 is 0 Å². The predicted octanol–water partition coefficient (Wildman–Crippen LogP) is -0.954. The van der Waals surface area contributed by atoms with Gasteiger partial charge in [0.1, 0.15) is 24.4 Å². The standard InChI is InChI=1S/C14H20O6/c15-8-10-11(16)12(17)13(18)14(20-10)19-7-6-9-4-2-1-3-5-9/h1-5,10-18H,6-8H2/t10-,11-,12-,13-,14-/m0/s1. The highest BCUT2D eigenvalue weighted by Gasteiger charge is 2.43. The van der Waals surface area contributed by atoms with E-state index in [1.54, 1.807) is 0 Å². The monoisotopic (exact) mass is 284 g/mol. The van der Waals surface area contributed by atoms with Crippen molar-refractivity contribution in [2.75, 3.05) is 13.2 Å². The Kier molecular flexibility index (Phi) is 5.47. The maximum Gasteiger partial charge on any atom is 0.186 e. The van der Waals surface area contributed by atoms with Crippen LogP contribution in [-0.2, 0) is 15.9 Å². The molecule has 0 unspecified atom stereocenters. The molecule has 112 valence electrons. The molecule has 4 N–H and O–H groups in total. The van der Waals surface area contributed by atoms with Crippen molar-refractivity contribution < 1.29 is 29.9 Å². The zero-order valence-electron chi connectivity index (χ0n) is 11.0. The minimum atomic E-state index is -1.40. The largest absolute Gasteiger partial charge is 0.394 e. The third kappa shape index (κ3) is 3.54. The van der Waals surface area contributed by atoms with Gasteiger partial charge in [0.15, 0.2) is 6.29 Å². The predicted molar refractivity (Wildman–Crippen MR) is 69.9 cm³/mol. The SMILES string of the molecule is OC[C@@H]1O[C@H](OCCc2ccccc2)[C@@H](O)[C@@H](O)[C@H]1O. The molecule has 5 atom stereocenters. The van der Waals surface area contributed by atoms with Crippen molar-refractivity contribution in [1.82, 2.24) is 0 Å². The topological polar surface area (TPSA) is 99.4 Å². The Balaban J connectivity index is 1.85. The lowest BCUT2D eigenvalue weighted by Crippen LogP contribution is -2.59. The lowest BCUT2D eigenvalue weighted by molar-refractivity contribution is -0.300. The van der Waals surface area contributed by atoms with Crippen molar-refractivity contribution in [2.45, 2.75) is 37.1 Å². The van der Waals surface area contributed by atoms with Crippen molar-refractivity contribution in [3.8, 4) is 0 Å². The van der Waals surface area contributed by atoms with Crippen LogP contribution in [0, 0.1) is 0 Å². The van der Waals surface area contributed by atoms with Gasteiger partial charge in [-0.1, -0.05) is 30.3 Å². The van der Waals surface area contributed by atoms with Crippen LogP contribution in [0.5, 0.6) is 0 Å². The molecule has 1 heterocycles. The first-order valence-corrected chi connectivity index (χ1v) is 6.59. The van der Waals surface area contributed by atoms with E-state index in [1.807, 2.05) is 30.3 Å². The van der Waals surface area contributed by atoms with Crippen molar-refractivity contribution >= 4 is 0 Å². The summed E-state index contributed by atoms with van der Waals surface area (Å²) in [4.78, 5) is 0. The number of aliphatic hydroxyl groups excluding tert-OH is 4. The third-order valence-electron chi connectivity index (χ3n) is 3.36. The van der Waals surface area contributed by atoms with Gasteiger partial charge in [0, 0.05) is 0 Å². The fraction of sp³-hybridized carbons (Fsp3) is 0.571. The summed E-state index contributed by atoms with van der Waals surface area (Å²) in [6.07, 6.45) is -5.46. The van der Waals surface area contributed by atoms with Crippen LogP contribution in [0.1, 0.15) is 5.56 Å². The number of aliphatic hydroxyl groups is 4. The Morgan fingerprint density at radius 1 is 1.00 bits per heavy atom. The second-order valence-corrected chi connectivity index (χ2v) is 4.80. The normalized spacial score (nSPS) is 34.1. The average Bonchev–Trinajstić information content (AvgIpc) is 2.48. The maximum absolute atomic E-state index is 9.78. The van der Waals surface area contributed by atoms with Crippen molar-refractivity contribution in [2.24, 2.45) is 0 Å². The van der Waals surface area contributed by atoms with Gasteiger partial charge in [0.2, 0.25) is 0 Å². The van der Waals surface area contributed by atoms with Gasteiger partial charge in [0.05, 0.1) is 13.2 Å². The van der Waals surface area contributed by atoms with E-state index in [9.17, 15) is 15.3 Å². The number of rotatable bonds is 5. The number of ether oxygens (including phenoxy) is 2. The fourth-order valence-corrected chi connectivity index (χ4v) is 2.14. The highest BCUT2D eigenvalue weighted by Crippen LogP contribution is 2.22. The Morgan fingerprint density at radius 3 is 2.35 bits per heavy atom. The second kappa shape index (κ2) is 7.12. The average molecular weight is 284 g/mol. The first kappa shape index (κ1) is 15.4. The molecular weight excluding hydrogens is 264 g/mol. The molecule has 2 rings (SSSR count). The summed E-state index contributed by atoms with van der Waals surface area (Å²) in [5.41, 5.74) is 1.08. The van der Waals surface area contributed by atoms with E-state index in [0.717, 1.165) is 5.56 Å². The molecule has 0 saturated carbocycles. The van der Waals surface area contributed by atoms with Gasteiger partial charge >= 0.3 is 0 Å². The van der Waals surface area contributed by atoms with E-state index in [0.29, 0.717) is 13.0 Å². The Labute approximate surface area is 117 Å². The zero-order chi connectivity index (χ0) is 14.5. The molecular formula is C14H20O6. The second-order valence-electron chi connectivity index (χ2n) is 4.80. The number of hydrogen-bond acceptors (Lipinski definition) is 6. The summed E-state index contributed by atoms with van der Waals surface area (Å²) in [5, 5.41) is 38.1. The minimum Gasteiger partial charge on any atom is -0.394 e. The Hall–Kier alpha value is -1.02. The van der Waals surface area contributed by atoms with Crippen molar-refractivity contribution in [3.05, 3.63) is 35.9 Å². The molecule has 1 aromatic carbocycles. The molecule has 0 amide bonds. The molecule has 1 saturated heterocycles. The van der Waals surface area contributed by atoms with E-state index in [4.69, 9.17) is 14.6 Å². The molecule has 6 nitrogen and oxygen atoms in total. The molecule has 0 bridgehead atoms. The number of benzene rings is 1. The highest BCUT2D eigenvalue weighted by atomic mass is 16.7. The molecule has 20 heavy (non-hydrogen) atoms. The summed E-state index contributed by atoms with van der Waals surface area (Å²) in [6.45, 7) is -0.157. The molecule has 0 aromatic heterocycles. The zero-order valence-corrected chi connectivity index (χ0v) is 11.0. The summed E-state index contributed by atoms with van der Waals surface area (Å²) >= 11 is 0. The lowest BCUT2D eigenvalue weighted by Gasteiger charge is -2.39. The molecule has 1 aliphatic rings. The maximum atomic E-state index is 9.78. The van der Waals surface area contributed by atoms with Crippen molar-refractivity contribution in [1.29, 1.82) is 0 Å². The van der Waals surface area contributed by atoms with Crippen molar-refractivity contribution in [3.63, 3.8) is 0 Å². The van der Waals surface area contributed by atoms with E-state index in [-0.39, 0.29) is 0 Å². The number of hydrogen-bond donors (Lipinski definition) is 4. The van der Waals surface area contributed by atoms with Crippen LogP contribution in [0.2, 0.25) is 0 Å². The molecule has 1 aromatic rings. The Bertz CT molecular complexity index is 396. The smallest absolute Gasteiger partial charge is 0.186 e. The summed E-state index contributed by atoms with van der Waals surface area (Å²) in [6, 6.07) is 9.67. The summed E-state index contributed by atoms with van der Waals surface area (Å²) in [5.74, 6) is 0. The summed E-state index contributed by atoms with van der Waals surface area (Å²) in [7, 11) is 0. The molecule has 1 fully saturated rings. The first-order chi connectivity index (χ1) is 9.63. The molecule has 1 aliphatic heterocycles. The fourth-order valence-electron chi connectivity index (χ4n) is 2.14. The van der Waals surface area contributed by atoms with Crippen LogP contribution in [0.4, 0.5) is 0 Å². The first-order valence-electron chi connectivity index (χ1n) is 6.59. The third-order valence-corrected chi connectivity index (χ3v) is 3.36. The van der Waals surface area contributed by atoms with Crippen LogP contribution in [0.15, 0.2) is 30.3 Å².